The fourth-order valence-corrected chi connectivity index (χ4v) is 4.11. The molecule has 31 heavy (non-hydrogen) atoms. The predicted molar refractivity (Wildman–Crippen MR) is 124 cm³/mol. The molecule has 2 aromatic rings. The number of rotatable bonds is 11. The van der Waals surface area contributed by atoms with Gasteiger partial charge in [-0.25, -0.2) is 0 Å². The minimum absolute atomic E-state index is 0.0178. The standard InChI is InChI=1S/C24H34ClN3O3/c1-3-30-14-4-12-28-13-11-22(18(2)17-28)26-16-24(29)27-15-21-9-10-23(31-21)19-5-7-20(25)8-6-19/h5-10,18,22,26H,3-4,11-17H2,1-2H3,(H,27,29)/t18-,22+/m0/s1. The summed E-state index contributed by atoms with van der Waals surface area (Å²) in [5.74, 6) is 1.99. The van der Waals surface area contributed by atoms with E-state index in [-0.39, 0.29) is 5.91 Å². The van der Waals surface area contributed by atoms with Crippen molar-refractivity contribution in [1.82, 2.24) is 15.5 Å². The van der Waals surface area contributed by atoms with Crippen LogP contribution in [0.2, 0.25) is 5.02 Å². The number of hydrogen-bond acceptors (Lipinski definition) is 5. The lowest BCUT2D eigenvalue weighted by atomic mass is 9.93. The second kappa shape index (κ2) is 12.2. The number of ether oxygens (including phenoxy) is 1. The van der Waals surface area contributed by atoms with E-state index < -0.39 is 0 Å². The Kier molecular flexibility index (Phi) is 9.40. The van der Waals surface area contributed by atoms with Gasteiger partial charge in [-0.05, 0) is 68.6 Å². The first kappa shape index (κ1) is 23.8. The Morgan fingerprint density at radius 2 is 2.06 bits per heavy atom. The van der Waals surface area contributed by atoms with Crippen LogP contribution in [0.5, 0.6) is 0 Å². The summed E-state index contributed by atoms with van der Waals surface area (Å²) in [6, 6.07) is 11.7. The molecule has 170 valence electrons. The molecule has 0 aliphatic carbocycles. The Morgan fingerprint density at radius 1 is 1.26 bits per heavy atom. The third-order valence-electron chi connectivity index (χ3n) is 5.73. The summed E-state index contributed by atoms with van der Waals surface area (Å²) >= 11 is 5.93. The highest BCUT2D eigenvalue weighted by Gasteiger charge is 2.25. The fourth-order valence-electron chi connectivity index (χ4n) is 3.99. The number of likely N-dealkylation sites (tertiary alicyclic amines) is 1. The van der Waals surface area contributed by atoms with E-state index in [1.54, 1.807) is 0 Å². The topological polar surface area (TPSA) is 66.7 Å². The number of furan rings is 1. The summed E-state index contributed by atoms with van der Waals surface area (Å²) in [6.45, 7) is 9.81. The normalized spacial score (nSPS) is 19.5. The molecule has 0 bridgehead atoms. The first-order valence-electron chi connectivity index (χ1n) is 11.2. The Balaban J connectivity index is 1.35. The van der Waals surface area contributed by atoms with E-state index in [4.69, 9.17) is 20.8 Å². The highest BCUT2D eigenvalue weighted by Crippen LogP contribution is 2.23. The molecule has 2 atom stereocenters. The van der Waals surface area contributed by atoms with E-state index in [2.05, 4.69) is 22.5 Å². The highest BCUT2D eigenvalue weighted by atomic mass is 35.5. The molecule has 2 heterocycles. The highest BCUT2D eigenvalue weighted by molar-refractivity contribution is 6.30. The van der Waals surface area contributed by atoms with Crippen molar-refractivity contribution in [3.63, 3.8) is 0 Å². The molecule has 3 rings (SSSR count). The number of nitrogens with zero attached hydrogens (tertiary/aromatic N) is 1. The number of piperidine rings is 1. The van der Waals surface area contributed by atoms with Gasteiger partial charge in [0.2, 0.25) is 5.91 Å². The van der Waals surface area contributed by atoms with Crippen LogP contribution >= 0.6 is 11.6 Å². The first-order chi connectivity index (χ1) is 15.0. The predicted octanol–water partition coefficient (Wildman–Crippen LogP) is 3.94. The Bertz CT molecular complexity index is 809. The van der Waals surface area contributed by atoms with Gasteiger partial charge in [0.15, 0.2) is 0 Å². The molecule has 1 amide bonds. The smallest absolute Gasteiger partial charge is 0.234 e. The molecule has 1 aliphatic heterocycles. The monoisotopic (exact) mass is 447 g/mol. The summed E-state index contributed by atoms with van der Waals surface area (Å²) in [4.78, 5) is 14.8. The van der Waals surface area contributed by atoms with Gasteiger partial charge in [0.25, 0.3) is 0 Å². The van der Waals surface area contributed by atoms with Crippen LogP contribution in [0.1, 0.15) is 32.4 Å². The molecule has 1 fully saturated rings. The van der Waals surface area contributed by atoms with Gasteiger partial charge in [-0.1, -0.05) is 18.5 Å². The second-order valence-corrected chi connectivity index (χ2v) is 8.59. The van der Waals surface area contributed by atoms with Gasteiger partial charge in [-0.15, -0.1) is 0 Å². The number of carbonyl (C=O) groups is 1. The molecule has 6 nitrogen and oxygen atoms in total. The molecule has 1 aliphatic rings. The van der Waals surface area contributed by atoms with Crippen LogP contribution in [0, 0.1) is 5.92 Å². The average Bonchev–Trinajstić information content (AvgIpc) is 3.24. The SMILES string of the molecule is CCOCCCN1CC[C@@H](NCC(=O)NCc2ccc(-c3ccc(Cl)cc3)o2)[C@@H](C)C1. The summed E-state index contributed by atoms with van der Waals surface area (Å²) in [6.07, 6.45) is 2.14. The number of nitrogens with one attached hydrogen (secondary N) is 2. The maximum atomic E-state index is 12.3. The molecule has 1 aromatic heterocycles. The van der Waals surface area contributed by atoms with Crippen LogP contribution in [-0.4, -0.2) is 56.2 Å². The van der Waals surface area contributed by atoms with Crippen molar-refractivity contribution in [3.05, 3.63) is 47.2 Å². The molecule has 0 spiro atoms. The van der Waals surface area contributed by atoms with E-state index in [1.165, 1.54) is 0 Å². The Morgan fingerprint density at radius 3 is 2.81 bits per heavy atom. The van der Waals surface area contributed by atoms with Crippen molar-refractivity contribution in [2.24, 2.45) is 5.92 Å². The summed E-state index contributed by atoms with van der Waals surface area (Å²) in [5.41, 5.74) is 0.960. The molecule has 0 saturated carbocycles. The van der Waals surface area contributed by atoms with Crippen molar-refractivity contribution in [1.29, 1.82) is 0 Å². The van der Waals surface area contributed by atoms with Crippen molar-refractivity contribution in [2.45, 2.75) is 39.3 Å². The lowest BCUT2D eigenvalue weighted by Gasteiger charge is -2.37. The lowest BCUT2D eigenvalue weighted by molar-refractivity contribution is -0.120. The fraction of sp³-hybridized carbons (Fsp3) is 0.542. The third kappa shape index (κ3) is 7.65. The van der Waals surface area contributed by atoms with Crippen molar-refractivity contribution < 1.29 is 13.9 Å². The molecule has 1 aromatic carbocycles. The van der Waals surface area contributed by atoms with E-state index in [0.717, 1.165) is 62.8 Å². The first-order valence-corrected chi connectivity index (χ1v) is 11.6. The van der Waals surface area contributed by atoms with Crippen molar-refractivity contribution >= 4 is 17.5 Å². The molecular weight excluding hydrogens is 414 g/mol. The van der Waals surface area contributed by atoms with Gasteiger partial charge in [-0.3, -0.25) is 4.79 Å². The third-order valence-corrected chi connectivity index (χ3v) is 5.98. The van der Waals surface area contributed by atoms with Crippen molar-refractivity contribution in [2.75, 3.05) is 39.4 Å². The zero-order valence-electron chi connectivity index (χ0n) is 18.5. The molecule has 0 unspecified atom stereocenters. The van der Waals surface area contributed by atoms with Gasteiger partial charge in [0.1, 0.15) is 11.5 Å². The minimum atomic E-state index is -0.0178. The van der Waals surface area contributed by atoms with Crippen molar-refractivity contribution in [3.8, 4) is 11.3 Å². The Labute approximate surface area is 190 Å². The minimum Gasteiger partial charge on any atom is -0.459 e. The van der Waals surface area contributed by atoms with Gasteiger partial charge in [0, 0.05) is 42.9 Å². The van der Waals surface area contributed by atoms with Crippen LogP contribution < -0.4 is 10.6 Å². The maximum Gasteiger partial charge on any atom is 0.234 e. The zero-order valence-corrected chi connectivity index (χ0v) is 19.3. The molecule has 1 saturated heterocycles. The molecule has 2 N–H and O–H groups in total. The Hall–Kier alpha value is -1.86. The van der Waals surface area contributed by atoms with Gasteiger partial charge in [-0.2, -0.15) is 0 Å². The lowest BCUT2D eigenvalue weighted by Crippen LogP contribution is -2.50. The van der Waals surface area contributed by atoms with Crippen LogP contribution in [0.3, 0.4) is 0 Å². The average molecular weight is 448 g/mol. The summed E-state index contributed by atoms with van der Waals surface area (Å²) in [7, 11) is 0. The van der Waals surface area contributed by atoms with Crippen LogP contribution in [-0.2, 0) is 16.1 Å². The molecule has 0 radical (unpaired) electrons. The maximum absolute atomic E-state index is 12.3. The van der Waals surface area contributed by atoms with Gasteiger partial charge < -0.3 is 24.7 Å². The zero-order chi connectivity index (χ0) is 22.1. The number of halogens is 1. The van der Waals surface area contributed by atoms with Gasteiger partial charge >= 0.3 is 0 Å². The van der Waals surface area contributed by atoms with E-state index in [1.807, 2.05) is 43.3 Å². The number of benzene rings is 1. The second-order valence-electron chi connectivity index (χ2n) is 8.15. The molecular formula is C24H34ClN3O3. The molecule has 7 heteroatoms. The van der Waals surface area contributed by atoms with Crippen LogP contribution in [0.4, 0.5) is 0 Å². The summed E-state index contributed by atoms with van der Waals surface area (Å²) < 4.78 is 11.3. The van der Waals surface area contributed by atoms with E-state index in [9.17, 15) is 4.79 Å². The van der Waals surface area contributed by atoms with E-state index in [0.29, 0.717) is 30.1 Å². The quantitative estimate of drug-likeness (QED) is 0.510. The van der Waals surface area contributed by atoms with Gasteiger partial charge in [0.05, 0.1) is 13.1 Å². The van der Waals surface area contributed by atoms with Crippen LogP contribution in [0.25, 0.3) is 11.3 Å². The summed E-state index contributed by atoms with van der Waals surface area (Å²) in [5, 5.41) is 7.06. The number of amides is 1. The van der Waals surface area contributed by atoms with E-state index >= 15 is 0 Å². The number of carbonyl (C=O) groups excluding carboxylic acids is 1. The van der Waals surface area contributed by atoms with Crippen LogP contribution in [0.15, 0.2) is 40.8 Å². The number of hydrogen-bond donors (Lipinski definition) is 2. The largest absolute Gasteiger partial charge is 0.459 e.